The molecule has 0 saturated carbocycles. The topological polar surface area (TPSA) is 51.0 Å². The molecule has 1 aromatic carbocycles. The molecule has 0 aliphatic heterocycles. The van der Waals surface area contributed by atoms with Crippen LogP contribution < -0.4 is 5.32 Å². The van der Waals surface area contributed by atoms with Gasteiger partial charge in [-0.1, -0.05) is 48.8 Å². The number of hydrogen-bond donors (Lipinski definition) is 1. The van der Waals surface area contributed by atoms with Crippen molar-refractivity contribution in [3.8, 4) is 0 Å². The van der Waals surface area contributed by atoms with E-state index in [0.717, 1.165) is 12.4 Å². The molecule has 20 heavy (non-hydrogen) atoms. The highest BCUT2D eigenvalue weighted by molar-refractivity contribution is 5.24. The lowest BCUT2D eigenvalue weighted by molar-refractivity contribution is 0.330. The van der Waals surface area contributed by atoms with Crippen LogP contribution in [0, 0.1) is 6.92 Å². The maximum atomic E-state index is 5.40. The molecule has 2 unspecified atom stereocenters. The van der Waals surface area contributed by atoms with E-state index in [1.807, 2.05) is 0 Å². The van der Waals surface area contributed by atoms with E-state index in [1.165, 1.54) is 11.1 Å². The molecule has 1 heterocycles. The predicted octanol–water partition coefficient (Wildman–Crippen LogP) is 3.07. The second-order valence-corrected chi connectivity index (χ2v) is 5.35. The van der Waals surface area contributed by atoms with Crippen LogP contribution in [0.25, 0.3) is 0 Å². The van der Waals surface area contributed by atoms with Crippen LogP contribution in [0.3, 0.4) is 0 Å². The fourth-order valence-electron chi connectivity index (χ4n) is 2.24. The normalized spacial score (nSPS) is 14.2. The maximum absolute atomic E-state index is 5.40. The average molecular weight is 273 g/mol. The molecule has 1 N–H and O–H groups in total. The van der Waals surface area contributed by atoms with Crippen LogP contribution in [0.4, 0.5) is 0 Å². The summed E-state index contributed by atoms with van der Waals surface area (Å²) in [6.07, 6.45) is 0.716. The van der Waals surface area contributed by atoms with E-state index in [9.17, 15) is 0 Å². The van der Waals surface area contributed by atoms with Crippen LogP contribution in [0.15, 0.2) is 28.8 Å². The van der Waals surface area contributed by atoms with Gasteiger partial charge in [0.15, 0.2) is 5.82 Å². The molecule has 0 saturated heterocycles. The molecule has 1 aromatic heterocycles. The van der Waals surface area contributed by atoms with Gasteiger partial charge in [-0.2, -0.15) is 4.98 Å². The molecule has 4 heteroatoms. The van der Waals surface area contributed by atoms with Crippen LogP contribution >= 0.6 is 0 Å². The third-order valence-corrected chi connectivity index (χ3v) is 3.59. The lowest BCUT2D eigenvalue weighted by Gasteiger charge is -2.16. The van der Waals surface area contributed by atoms with Crippen molar-refractivity contribution in [2.45, 2.75) is 46.1 Å². The molecule has 2 rings (SSSR count). The van der Waals surface area contributed by atoms with Crippen molar-refractivity contribution in [1.82, 2.24) is 15.5 Å². The van der Waals surface area contributed by atoms with Gasteiger partial charge >= 0.3 is 0 Å². The molecule has 0 radical (unpaired) electrons. The Hall–Kier alpha value is -1.68. The SMILES string of the molecule is CCNC(C)C(C)c1nc(Cc2cccc(C)c2)no1. The Labute approximate surface area is 120 Å². The number of aromatic nitrogens is 2. The van der Waals surface area contributed by atoms with E-state index < -0.39 is 0 Å². The van der Waals surface area contributed by atoms with Gasteiger partial charge in [-0.05, 0) is 26.0 Å². The zero-order chi connectivity index (χ0) is 14.5. The summed E-state index contributed by atoms with van der Waals surface area (Å²) in [6.45, 7) is 9.37. The summed E-state index contributed by atoms with van der Waals surface area (Å²) in [4.78, 5) is 4.52. The highest BCUT2D eigenvalue weighted by Gasteiger charge is 2.20. The Morgan fingerprint density at radius 3 is 2.80 bits per heavy atom. The Morgan fingerprint density at radius 1 is 1.30 bits per heavy atom. The molecule has 2 atom stereocenters. The summed E-state index contributed by atoms with van der Waals surface area (Å²) < 4.78 is 5.40. The van der Waals surface area contributed by atoms with E-state index in [4.69, 9.17) is 4.52 Å². The van der Waals surface area contributed by atoms with Gasteiger partial charge in [0.25, 0.3) is 0 Å². The van der Waals surface area contributed by atoms with E-state index in [0.29, 0.717) is 18.4 Å². The summed E-state index contributed by atoms with van der Waals surface area (Å²) in [5, 5.41) is 7.47. The van der Waals surface area contributed by atoms with Crippen molar-refractivity contribution >= 4 is 0 Å². The van der Waals surface area contributed by atoms with E-state index in [-0.39, 0.29) is 5.92 Å². The summed E-state index contributed by atoms with van der Waals surface area (Å²) >= 11 is 0. The van der Waals surface area contributed by atoms with E-state index >= 15 is 0 Å². The van der Waals surface area contributed by atoms with Gasteiger partial charge in [0.2, 0.25) is 5.89 Å². The van der Waals surface area contributed by atoms with E-state index in [2.05, 4.69) is 67.4 Å². The van der Waals surface area contributed by atoms with Crippen LogP contribution in [0.5, 0.6) is 0 Å². The second-order valence-electron chi connectivity index (χ2n) is 5.35. The predicted molar refractivity (Wildman–Crippen MR) is 79.8 cm³/mol. The van der Waals surface area contributed by atoms with Crippen molar-refractivity contribution in [2.75, 3.05) is 6.54 Å². The molecule has 0 aliphatic rings. The standard InChI is InChI=1S/C16H23N3O/c1-5-17-13(4)12(3)16-18-15(19-20-16)10-14-8-6-7-11(2)9-14/h6-9,12-13,17H,5,10H2,1-4H3. The third kappa shape index (κ3) is 3.67. The number of nitrogens with zero attached hydrogens (tertiary/aromatic N) is 2. The van der Waals surface area contributed by atoms with Crippen LogP contribution in [0.1, 0.15) is 49.5 Å². The van der Waals surface area contributed by atoms with Crippen LogP contribution in [-0.4, -0.2) is 22.7 Å². The first-order chi connectivity index (χ1) is 9.60. The molecule has 108 valence electrons. The second kappa shape index (κ2) is 6.66. The monoisotopic (exact) mass is 273 g/mol. The zero-order valence-corrected chi connectivity index (χ0v) is 12.7. The average Bonchev–Trinajstić information content (AvgIpc) is 2.86. The number of likely N-dealkylation sites (N-methyl/N-ethyl adjacent to an activating group) is 1. The number of aryl methyl sites for hydroxylation is 1. The summed E-state index contributed by atoms with van der Waals surface area (Å²) in [5.41, 5.74) is 2.46. The molecule has 0 fully saturated rings. The summed E-state index contributed by atoms with van der Waals surface area (Å²) in [7, 11) is 0. The van der Waals surface area contributed by atoms with Crippen molar-refractivity contribution in [1.29, 1.82) is 0 Å². The first kappa shape index (κ1) is 14.7. The van der Waals surface area contributed by atoms with Crippen molar-refractivity contribution < 1.29 is 4.52 Å². The third-order valence-electron chi connectivity index (χ3n) is 3.59. The largest absolute Gasteiger partial charge is 0.339 e. The number of rotatable bonds is 6. The fraction of sp³-hybridized carbons (Fsp3) is 0.500. The van der Waals surface area contributed by atoms with Gasteiger partial charge in [0, 0.05) is 12.5 Å². The summed E-state index contributed by atoms with van der Waals surface area (Å²) in [5.74, 6) is 1.68. The Balaban J connectivity index is 2.05. The molecular weight excluding hydrogens is 250 g/mol. The number of nitrogens with one attached hydrogen (secondary N) is 1. The highest BCUT2D eigenvalue weighted by atomic mass is 16.5. The molecule has 2 aromatic rings. The van der Waals surface area contributed by atoms with Crippen molar-refractivity contribution in [3.63, 3.8) is 0 Å². The van der Waals surface area contributed by atoms with Crippen molar-refractivity contribution in [2.24, 2.45) is 0 Å². The van der Waals surface area contributed by atoms with Gasteiger partial charge in [-0.3, -0.25) is 0 Å². The minimum atomic E-state index is 0.216. The minimum Gasteiger partial charge on any atom is -0.339 e. The molecule has 0 aliphatic carbocycles. The fourth-order valence-corrected chi connectivity index (χ4v) is 2.24. The Morgan fingerprint density at radius 2 is 2.10 bits per heavy atom. The molecule has 4 nitrogen and oxygen atoms in total. The highest BCUT2D eigenvalue weighted by Crippen LogP contribution is 2.18. The van der Waals surface area contributed by atoms with Gasteiger partial charge in [0.05, 0.1) is 5.92 Å². The molecular formula is C16H23N3O. The first-order valence-corrected chi connectivity index (χ1v) is 7.21. The Bertz CT molecular complexity index is 550. The minimum absolute atomic E-state index is 0.216. The molecule has 0 bridgehead atoms. The number of benzene rings is 1. The van der Waals surface area contributed by atoms with Crippen molar-refractivity contribution in [3.05, 3.63) is 47.1 Å². The molecule has 0 spiro atoms. The lowest BCUT2D eigenvalue weighted by atomic mass is 10.0. The van der Waals surface area contributed by atoms with Crippen LogP contribution in [0.2, 0.25) is 0 Å². The lowest BCUT2D eigenvalue weighted by Crippen LogP contribution is -2.30. The van der Waals surface area contributed by atoms with Gasteiger partial charge in [-0.25, -0.2) is 0 Å². The van der Waals surface area contributed by atoms with Gasteiger partial charge in [-0.15, -0.1) is 0 Å². The molecule has 0 amide bonds. The number of hydrogen-bond acceptors (Lipinski definition) is 4. The smallest absolute Gasteiger partial charge is 0.231 e. The van der Waals surface area contributed by atoms with Gasteiger partial charge in [0.1, 0.15) is 0 Å². The zero-order valence-electron chi connectivity index (χ0n) is 12.7. The quantitative estimate of drug-likeness (QED) is 0.878. The Kier molecular flexibility index (Phi) is 4.90. The van der Waals surface area contributed by atoms with E-state index in [1.54, 1.807) is 0 Å². The van der Waals surface area contributed by atoms with Crippen LogP contribution in [-0.2, 0) is 6.42 Å². The summed E-state index contributed by atoms with van der Waals surface area (Å²) in [6, 6.07) is 8.72. The first-order valence-electron chi connectivity index (χ1n) is 7.21. The maximum Gasteiger partial charge on any atom is 0.231 e. The van der Waals surface area contributed by atoms with Gasteiger partial charge < -0.3 is 9.84 Å².